The lowest BCUT2D eigenvalue weighted by atomic mass is 10.2. The molecule has 118 valence electrons. The second-order valence-corrected chi connectivity index (χ2v) is 5.72. The van der Waals surface area contributed by atoms with Gasteiger partial charge >= 0.3 is 0 Å². The summed E-state index contributed by atoms with van der Waals surface area (Å²) in [4.78, 5) is 33.6. The van der Waals surface area contributed by atoms with Crippen molar-refractivity contribution in [1.82, 2.24) is 9.97 Å². The van der Waals surface area contributed by atoms with Crippen LogP contribution in [0.4, 0.5) is 11.4 Å². The predicted octanol–water partition coefficient (Wildman–Crippen LogP) is 2.82. The fraction of sp³-hybridized carbons (Fsp3) is 0.250. The van der Waals surface area contributed by atoms with Crippen LogP contribution >= 0.6 is 11.6 Å². The molecule has 0 saturated carbocycles. The second kappa shape index (κ2) is 6.34. The molecule has 0 atom stereocenters. The molecule has 1 aliphatic heterocycles. The van der Waals surface area contributed by atoms with Crippen molar-refractivity contribution >= 4 is 34.8 Å². The minimum Gasteiger partial charge on any atom is -0.321 e. The van der Waals surface area contributed by atoms with Gasteiger partial charge < -0.3 is 10.2 Å². The fourth-order valence-electron chi connectivity index (χ4n) is 2.41. The van der Waals surface area contributed by atoms with Gasteiger partial charge in [-0.3, -0.25) is 14.6 Å². The van der Waals surface area contributed by atoms with Crippen LogP contribution in [0.5, 0.6) is 0 Å². The third-order valence-electron chi connectivity index (χ3n) is 3.58. The maximum Gasteiger partial charge on any atom is 0.275 e. The lowest BCUT2D eigenvalue weighted by Crippen LogP contribution is -2.24. The van der Waals surface area contributed by atoms with E-state index in [4.69, 9.17) is 11.6 Å². The Balaban J connectivity index is 1.76. The average Bonchev–Trinajstić information content (AvgIpc) is 2.94. The summed E-state index contributed by atoms with van der Waals surface area (Å²) in [5.74, 6) is -0.294. The quantitative estimate of drug-likeness (QED) is 0.939. The lowest BCUT2D eigenvalue weighted by molar-refractivity contribution is -0.117. The molecule has 1 aliphatic rings. The number of aromatic nitrogens is 2. The second-order valence-electron chi connectivity index (χ2n) is 5.31. The predicted molar refractivity (Wildman–Crippen MR) is 87.8 cm³/mol. The highest BCUT2D eigenvalue weighted by molar-refractivity contribution is 6.34. The summed E-state index contributed by atoms with van der Waals surface area (Å²) in [6, 6.07) is 5.08. The van der Waals surface area contributed by atoms with Crippen LogP contribution in [0.1, 0.15) is 29.0 Å². The van der Waals surface area contributed by atoms with Crippen molar-refractivity contribution in [2.75, 3.05) is 16.8 Å². The van der Waals surface area contributed by atoms with E-state index in [2.05, 4.69) is 15.3 Å². The number of anilines is 2. The molecule has 2 aromatic rings. The molecule has 3 rings (SSSR count). The van der Waals surface area contributed by atoms with Crippen LogP contribution in [-0.2, 0) is 4.79 Å². The Kier molecular flexibility index (Phi) is 4.25. The van der Waals surface area contributed by atoms with E-state index in [1.165, 1.54) is 12.4 Å². The molecule has 1 saturated heterocycles. The number of hydrogen-bond donors (Lipinski definition) is 1. The first kappa shape index (κ1) is 15.4. The summed E-state index contributed by atoms with van der Waals surface area (Å²) in [5, 5.41) is 3.14. The van der Waals surface area contributed by atoms with Crippen LogP contribution in [0, 0.1) is 6.92 Å². The number of benzene rings is 1. The van der Waals surface area contributed by atoms with Gasteiger partial charge in [-0.2, -0.15) is 0 Å². The van der Waals surface area contributed by atoms with Crippen molar-refractivity contribution in [3.63, 3.8) is 0 Å². The molecule has 1 aromatic carbocycles. The largest absolute Gasteiger partial charge is 0.321 e. The zero-order valence-corrected chi connectivity index (χ0v) is 13.3. The molecule has 23 heavy (non-hydrogen) atoms. The normalized spacial score (nSPS) is 14.2. The topological polar surface area (TPSA) is 75.2 Å². The lowest BCUT2D eigenvalue weighted by Gasteiger charge is -2.18. The summed E-state index contributed by atoms with van der Waals surface area (Å²) >= 11 is 6.25. The summed E-state index contributed by atoms with van der Waals surface area (Å²) in [7, 11) is 0. The highest BCUT2D eigenvalue weighted by Gasteiger charge is 2.23. The molecule has 1 N–H and O–H groups in total. The molecule has 1 fully saturated rings. The zero-order chi connectivity index (χ0) is 16.4. The third-order valence-corrected chi connectivity index (χ3v) is 3.89. The van der Waals surface area contributed by atoms with Crippen LogP contribution in [0.3, 0.4) is 0 Å². The standard InChI is InChI=1S/C16H15ClN4O2/c1-10-8-19-13(9-18-10)16(23)20-11-4-5-14(12(17)7-11)21-6-2-3-15(21)22/h4-5,7-9H,2-3,6H2,1H3,(H,20,23). The molecule has 2 heterocycles. The first-order valence-electron chi connectivity index (χ1n) is 7.24. The monoisotopic (exact) mass is 330 g/mol. The van der Waals surface area contributed by atoms with E-state index in [1.54, 1.807) is 30.0 Å². The molecule has 0 bridgehead atoms. The van der Waals surface area contributed by atoms with Gasteiger partial charge in [0.05, 0.1) is 22.6 Å². The highest BCUT2D eigenvalue weighted by Crippen LogP contribution is 2.31. The van der Waals surface area contributed by atoms with Gasteiger partial charge in [0.1, 0.15) is 5.69 Å². The van der Waals surface area contributed by atoms with E-state index >= 15 is 0 Å². The van der Waals surface area contributed by atoms with E-state index in [1.807, 2.05) is 0 Å². The molecule has 0 unspecified atom stereocenters. The molecule has 0 radical (unpaired) electrons. The van der Waals surface area contributed by atoms with Crippen molar-refractivity contribution in [2.45, 2.75) is 19.8 Å². The molecule has 1 aromatic heterocycles. The summed E-state index contributed by atoms with van der Waals surface area (Å²) in [6.45, 7) is 2.47. The van der Waals surface area contributed by atoms with E-state index in [9.17, 15) is 9.59 Å². The summed E-state index contributed by atoms with van der Waals surface area (Å²) in [6.07, 6.45) is 4.33. The maximum atomic E-state index is 12.1. The van der Waals surface area contributed by atoms with E-state index < -0.39 is 0 Å². The molecule has 0 spiro atoms. The smallest absolute Gasteiger partial charge is 0.275 e. The Labute approximate surface area is 138 Å². The van der Waals surface area contributed by atoms with Crippen molar-refractivity contribution in [3.8, 4) is 0 Å². The van der Waals surface area contributed by atoms with Crippen molar-refractivity contribution < 1.29 is 9.59 Å². The van der Waals surface area contributed by atoms with Gasteiger partial charge in [0.25, 0.3) is 5.91 Å². The first-order valence-corrected chi connectivity index (χ1v) is 7.62. The van der Waals surface area contributed by atoms with Crippen LogP contribution < -0.4 is 10.2 Å². The molecule has 0 aliphatic carbocycles. The summed E-state index contributed by atoms with van der Waals surface area (Å²) < 4.78 is 0. The van der Waals surface area contributed by atoms with Gasteiger partial charge in [0, 0.05) is 24.8 Å². The molecule has 2 amide bonds. The number of aryl methyl sites for hydroxylation is 1. The van der Waals surface area contributed by atoms with Gasteiger partial charge in [-0.05, 0) is 31.5 Å². The minimum absolute atomic E-state index is 0.0682. The number of amides is 2. The number of carbonyl (C=O) groups excluding carboxylic acids is 2. The Hall–Kier alpha value is -2.47. The number of halogens is 1. The first-order chi connectivity index (χ1) is 11.0. The number of nitrogens with zero attached hydrogens (tertiary/aromatic N) is 3. The van der Waals surface area contributed by atoms with Crippen LogP contribution in [0.2, 0.25) is 5.02 Å². The fourth-order valence-corrected chi connectivity index (χ4v) is 2.69. The molecule has 6 nitrogen and oxygen atoms in total. The van der Waals surface area contributed by atoms with Gasteiger partial charge in [-0.1, -0.05) is 11.6 Å². The minimum atomic E-state index is -0.362. The number of nitrogens with one attached hydrogen (secondary N) is 1. The van der Waals surface area contributed by atoms with Gasteiger partial charge in [0.15, 0.2) is 0 Å². The third kappa shape index (κ3) is 3.32. The highest BCUT2D eigenvalue weighted by atomic mass is 35.5. The maximum absolute atomic E-state index is 12.1. The van der Waals surface area contributed by atoms with Crippen LogP contribution in [0.15, 0.2) is 30.6 Å². The Morgan fingerprint density at radius 3 is 2.74 bits per heavy atom. The number of hydrogen-bond acceptors (Lipinski definition) is 4. The Morgan fingerprint density at radius 1 is 1.30 bits per heavy atom. The Bertz CT molecular complexity index is 761. The average molecular weight is 331 g/mol. The molecular formula is C16H15ClN4O2. The van der Waals surface area contributed by atoms with Crippen molar-refractivity contribution in [3.05, 3.63) is 47.0 Å². The molecular weight excluding hydrogens is 316 g/mol. The van der Waals surface area contributed by atoms with Crippen LogP contribution in [0.25, 0.3) is 0 Å². The van der Waals surface area contributed by atoms with Crippen molar-refractivity contribution in [1.29, 1.82) is 0 Å². The number of rotatable bonds is 3. The van der Waals surface area contributed by atoms with Gasteiger partial charge in [-0.15, -0.1) is 0 Å². The van der Waals surface area contributed by atoms with E-state index in [-0.39, 0.29) is 17.5 Å². The molecule has 7 heteroatoms. The SMILES string of the molecule is Cc1cnc(C(=O)Nc2ccc(N3CCCC3=O)c(Cl)c2)cn1. The van der Waals surface area contributed by atoms with E-state index in [0.29, 0.717) is 29.4 Å². The Morgan fingerprint density at radius 2 is 2.13 bits per heavy atom. The summed E-state index contributed by atoms with van der Waals surface area (Å²) in [5.41, 5.74) is 2.18. The van der Waals surface area contributed by atoms with Gasteiger partial charge in [-0.25, -0.2) is 4.98 Å². The zero-order valence-electron chi connectivity index (χ0n) is 12.5. The van der Waals surface area contributed by atoms with Crippen molar-refractivity contribution in [2.24, 2.45) is 0 Å². The van der Waals surface area contributed by atoms with Crippen LogP contribution in [-0.4, -0.2) is 28.3 Å². The van der Waals surface area contributed by atoms with E-state index in [0.717, 1.165) is 12.1 Å². The van der Waals surface area contributed by atoms with Gasteiger partial charge in [0.2, 0.25) is 5.91 Å². The number of carbonyl (C=O) groups is 2.